The fourth-order valence-corrected chi connectivity index (χ4v) is 3.50. The second kappa shape index (κ2) is 5.82. The van der Waals surface area contributed by atoms with Gasteiger partial charge in [0.2, 0.25) is 5.91 Å². The number of hydrogen-bond donors (Lipinski definition) is 2. The summed E-state index contributed by atoms with van der Waals surface area (Å²) in [6.45, 7) is 2.24. The Morgan fingerprint density at radius 2 is 2.12 bits per heavy atom. The zero-order valence-corrected chi connectivity index (χ0v) is 11.3. The summed E-state index contributed by atoms with van der Waals surface area (Å²) in [4.78, 5) is 11.9. The van der Waals surface area contributed by atoms with Crippen molar-refractivity contribution in [3.63, 3.8) is 0 Å². The van der Waals surface area contributed by atoms with Crippen LogP contribution in [0.15, 0.2) is 0 Å². The molecule has 3 unspecified atom stereocenters. The van der Waals surface area contributed by atoms with E-state index < -0.39 is 9.84 Å². The third-order valence-electron chi connectivity index (χ3n) is 3.24. The van der Waals surface area contributed by atoms with Gasteiger partial charge in [-0.2, -0.15) is 0 Å². The molecule has 3 N–H and O–H groups in total. The van der Waals surface area contributed by atoms with Crippen LogP contribution in [0.2, 0.25) is 0 Å². The smallest absolute Gasteiger partial charge is 0.223 e. The molecule has 1 fully saturated rings. The molecule has 0 spiro atoms. The molecule has 17 heavy (non-hydrogen) atoms. The van der Waals surface area contributed by atoms with Crippen LogP contribution in [0.5, 0.6) is 0 Å². The van der Waals surface area contributed by atoms with Crippen molar-refractivity contribution in [2.24, 2.45) is 17.6 Å². The lowest BCUT2D eigenvalue weighted by molar-refractivity contribution is -0.126. The average molecular weight is 262 g/mol. The first kappa shape index (κ1) is 14.4. The summed E-state index contributed by atoms with van der Waals surface area (Å²) >= 11 is 0. The first-order chi connectivity index (χ1) is 7.83. The van der Waals surface area contributed by atoms with Gasteiger partial charge in [-0.1, -0.05) is 6.42 Å². The van der Waals surface area contributed by atoms with Gasteiger partial charge in [-0.3, -0.25) is 4.79 Å². The highest BCUT2D eigenvalue weighted by atomic mass is 32.2. The Balaban J connectivity index is 2.48. The topological polar surface area (TPSA) is 89.3 Å². The van der Waals surface area contributed by atoms with Crippen LogP contribution in [-0.4, -0.2) is 38.9 Å². The number of hydrogen-bond acceptors (Lipinski definition) is 4. The molecule has 1 aliphatic carbocycles. The molecule has 0 aromatic rings. The van der Waals surface area contributed by atoms with Crippen LogP contribution in [0.1, 0.15) is 26.2 Å². The van der Waals surface area contributed by atoms with Gasteiger partial charge in [-0.25, -0.2) is 8.42 Å². The Hall–Kier alpha value is -0.620. The van der Waals surface area contributed by atoms with Crippen LogP contribution in [0.3, 0.4) is 0 Å². The quantitative estimate of drug-likeness (QED) is 0.724. The third-order valence-corrected chi connectivity index (χ3v) is 4.35. The molecule has 0 aromatic carbocycles. The van der Waals surface area contributed by atoms with E-state index in [0.29, 0.717) is 6.54 Å². The standard InChI is InChI=1S/C11H22N2O3S/c1-8(7-17(2,15)16)13-11(14)10-5-3-4-9(10)6-12/h8-10H,3-7,12H2,1-2H3,(H,13,14). The number of amides is 1. The molecular weight excluding hydrogens is 240 g/mol. The van der Waals surface area contributed by atoms with Crippen molar-refractivity contribution in [2.75, 3.05) is 18.6 Å². The van der Waals surface area contributed by atoms with Crippen LogP contribution in [0, 0.1) is 11.8 Å². The van der Waals surface area contributed by atoms with Crippen molar-refractivity contribution in [1.82, 2.24) is 5.32 Å². The molecule has 100 valence electrons. The molecular formula is C11H22N2O3S. The SMILES string of the molecule is CC(CS(C)(=O)=O)NC(=O)C1CCCC1CN. The average Bonchev–Trinajstić information content (AvgIpc) is 2.61. The number of carbonyl (C=O) groups excluding carboxylic acids is 1. The first-order valence-electron chi connectivity index (χ1n) is 6.01. The van der Waals surface area contributed by atoms with Gasteiger partial charge in [0.15, 0.2) is 0 Å². The second-order valence-electron chi connectivity index (χ2n) is 5.04. The molecule has 0 aliphatic heterocycles. The molecule has 3 atom stereocenters. The van der Waals surface area contributed by atoms with E-state index in [-0.39, 0.29) is 29.5 Å². The minimum atomic E-state index is -3.05. The molecule has 1 amide bonds. The Morgan fingerprint density at radius 1 is 1.47 bits per heavy atom. The fourth-order valence-electron chi connectivity index (χ4n) is 2.51. The van der Waals surface area contributed by atoms with E-state index in [1.165, 1.54) is 6.26 Å². The molecule has 1 rings (SSSR count). The molecule has 0 bridgehead atoms. The van der Waals surface area contributed by atoms with E-state index in [9.17, 15) is 13.2 Å². The maximum atomic E-state index is 11.9. The van der Waals surface area contributed by atoms with Gasteiger partial charge in [-0.15, -0.1) is 0 Å². The molecule has 0 heterocycles. The first-order valence-corrected chi connectivity index (χ1v) is 8.07. The summed E-state index contributed by atoms with van der Waals surface area (Å²) in [5.74, 6) is 0.148. The van der Waals surface area contributed by atoms with E-state index in [2.05, 4.69) is 5.32 Å². The van der Waals surface area contributed by atoms with Crippen molar-refractivity contribution in [1.29, 1.82) is 0 Å². The molecule has 6 heteroatoms. The Kier molecular flexibility index (Phi) is 4.94. The Labute approximate surface area is 103 Å². The summed E-state index contributed by atoms with van der Waals surface area (Å²) in [6, 6.07) is -0.337. The van der Waals surface area contributed by atoms with Gasteiger partial charge in [0.1, 0.15) is 9.84 Å². The highest BCUT2D eigenvalue weighted by Gasteiger charge is 2.32. The predicted molar refractivity (Wildman–Crippen MR) is 67.2 cm³/mol. The molecule has 0 radical (unpaired) electrons. The van der Waals surface area contributed by atoms with Gasteiger partial charge in [0, 0.05) is 18.2 Å². The summed E-state index contributed by atoms with van der Waals surface area (Å²) in [5.41, 5.74) is 5.62. The lowest BCUT2D eigenvalue weighted by atomic mass is 9.95. The minimum absolute atomic E-state index is 0.0151. The zero-order valence-electron chi connectivity index (χ0n) is 10.5. The number of nitrogens with two attached hydrogens (primary N) is 1. The van der Waals surface area contributed by atoms with Crippen molar-refractivity contribution in [3.05, 3.63) is 0 Å². The number of rotatable bonds is 5. The fraction of sp³-hybridized carbons (Fsp3) is 0.909. The maximum Gasteiger partial charge on any atom is 0.223 e. The minimum Gasteiger partial charge on any atom is -0.352 e. The van der Waals surface area contributed by atoms with Crippen molar-refractivity contribution < 1.29 is 13.2 Å². The number of carbonyl (C=O) groups is 1. The second-order valence-corrected chi connectivity index (χ2v) is 7.22. The zero-order chi connectivity index (χ0) is 13.1. The van der Waals surface area contributed by atoms with Crippen molar-refractivity contribution in [2.45, 2.75) is 32.2 Å². The third kappa shape index (κ3) is 4.63. The van der Waals surface area contributed by atoms with Gasteiger partial charge >= 0.3 is 0 Å². The molecule has 0 saturated heterocycles. The largest absolute Gasteiger partial charge is 0.352 e. The van der Waals surface area contributed by atoms with E-state index in [1.54, 1.807) is 6.92 Å². The summed E-state index contributed by atoms with van der Waals surface area (Å²) in [7, 11) is -3.05. The molecule has 1 saturated carbocycles. The van der Waals surface area contributed by atoms with Crippen molar-refractivity contribution in [3.8, 4) is 0 Å². The van der Waals surface area contributed by atoms with E-state index >= 15 is 0 Å². The molecule has 0 aromatic heterocycles. The van der Waals surface area contributed by atoms with Crippen LogP contribution >= 0.6 is 0 Å². The lowest BCUT2D eigenvalue weighted by Gasteiger charge is -2.20. The van der Waals surface area contributed by atoms with Crippen LogP contribution < -0.4 is 11.1 Å². The molecule has 5 nitrogen and oxygen atoms in total. The van der Waals surface area contributed by atoms with E-state index in [1.807, 2.05) is 0 Å². The highest BCUT2D eigenvalue weighted by Crippen LogP contribution is 2.30. The monoisotopic (exact) mass is 262 g/mol. The van der Waals surface area contributed by atoms with Crippen molar-refractivity contribution >= 4 is 15.7 Å². The van der Waals surface area contributed by atoms with E-state index in [4.69, 9.17) is 5.73 Å². The Bertz CT molecular complexity index is 367. The van der Waals surface area contributed by atoms with Gasteiger partial charge in [0.25, 0.3) is 0 Å². The number of nitrogens with one attached hydrogen (secondary N) is 1. The van der Waals surface area contributed by atoms with Gasteiger partial charge in [0.05, 0.1) is 5.75 Å². The highest BCUT2D eigenvalue weighted by molar-refractivity contribution is 7.90. The number of sulfone groups is 1. The predicted octanol–water partition coefficient (Wildman–Crippen LogP) is -0.0893. The normalized spacial score (nSPS) is 26.8. The van der Waals surface area contributed by atoms with Crippen LogP contribution in [-0.2, 0) is 14.6 Å². The lowest BCUT2D eigenvalue weighted by Crippen LogP contribution is -2.42. The van der Waals surface area contributed by atoms with Gasteiger partial charge < -0.3 is 11.1 Å². The summed E-state index contributed by atoms with van der Waals surface area (Å²) < 4.78 is 22.2. The summed E-state index contributed by atoms with van der Waals surface area (Å²) in [6.07, 6.45) is 4.06. The van der Waals surface area contributed by atoms with Crippen LogP contribution in [0.25, 0.3) is 0 Å². The Morgan fingerprint density at radius 3 is 2.65 bits per heavy atom. The van der Waals surface area contributed by atoms with E-state index in [0.717, 1.165) is 19.3 Å². The van der Waals surface area contributed by atoms with Crippen LogP contribution in [0.4, 0.5) is 0 Å². The maximum absolute atomic E-state index is 11.9. The summed E-state index contributed by atoms with van der Waals surface area (Å²) in [5, 5.41) is 2.77. The van der Waals surface area contributed by atoms with Gasteiger partial charge in [-0.05, 0) is 32.2 Å². The molecule has 1 aliphatic rings.